The van der Waals surface area contributed by atoms with E-state index in [9.17, 15) is 14.0 Å². The summed E-state index contributed by atoms with van der Waals surface area (Å²) < 4.78 is 13.2. The van der Waals surface area contributed by atoms with Gasteiger partial charge in [0.25, 0.3) is 5.91 Å². The summed E-state index contributed by atoms with van der Waals surface area (Å²) in [5, 5.41) is 3.62. The fourth-order valence-electron chi connectivity index (χ4n) is 3.74. The zero-order valence-corrected chi connectivity index (χ0v) is 15.9. The molecule has 1 amide bonds. The number of nitrogens with one attached hydrogen (secondary N) is 1. The highest BCUT2D eigenvalue weighted by Gasteiger charge is 2.28. The molecule has 0 atom stereocenters. The van der Waals surface area contributed by atoms with E-state index in [1.807, 2.05) is 4.90 Å². The normalized spacial score (nSPS) is 17.5. The SMILES string of the molecule is O=C(c1ccc(F)cc1)c1ccccc1C(=O)N1CCC(NCC2CC2)CC1. The molecule has 0 spiro atoms. The van der Waals surface area contributed by atoms with Crippen molar-refractivity contribution in [1.82, 2.24) is 10.2 Å². The summed E-state index contributed by atoms with van der Waals surface area (Å²) in [5.74, 6) is 0.0970. The van der Waals surface area contributed by atoms with Gasteiger partial charge in [0.1, 0.15) is 5.82 Å². The first-order valence-corrected chi connectivity index (χ1v) is 10.0. The standard InChI is InChI=1S/C23H25FN2O2/c24-18-9-7-17(8-10-18)22(27)20-3-1-2-4-21(20)23(28)26-13-11-19(12-14-26)25-15-16-5-6-16/h1-4,7-10,16,19,25H,5-6,11-15H2. The van der Waals surface area contributed by atoms with Gasteiger partial charge < -0.3 is 10.2 Å². The van der Waals surface area contributed by atoms with E-state index in [-0.39, 0.29) is 17.5 Å². The molecule has 2 aromatic rings. The smallest absolute Gasteiger partial charge is 0.254 e. The number of carbonyl (C=O) groups excluding carboxylic acids is 2. The minimum absolute atomic E-state index is 0.105. The Morgan fingerprint density at radius 1 is 0.929 bits per heavy atom. The zero-order chi connectivity index (χ0) is 19.5. The third-order valence-corrected chi connectivity index (χ3v) is 5.68. The molecular formula is C23H25FN2O2. The van der Waals surface area contributed by atoms with E-state index in [0.29, 0.717) is 35.8 Å². The summed E-state index contributed by atoms with van der Waals surface area (Å²) in [4.78, 5) is 27.8. The van der Waals surface area contributed by atoms with E-state index in [1.54, 1.807) is 24.3 Å². The number of ketones is 1. The number of amides is 1. The van der Waals surface area contributed by atoms with Gasteiger partial charge in [-0.1, -0.05) is 18.2 Å². The Kier molecular flexibility index (Phi) is 5.53. The number of nitrogens with zero attached hydrogens (tertiary/aromatic N) is 1. The fourth-order valence-corrected chi connectivity index (χ4v) is 3.74. The van der Waals surface area contributed by atoms with Gasteiger partial charge in [0, 0.05) is 30.3 Å². The Balaban J connectivity index is 1.44. The topological polar surface area (TPSA) is 49.4 Å². The first-order valence-electron chi connectivity index (χ1n) is 10.0. The molecule has 1 heterocycles. The van der Waals surface area contributed by atoms with Crippen LogP contribution in [0.3, 0.4) is 0 Å². The van der Waals surface area contributed by atoms with Crippen LogP contribution in [0.2, 0.25) is 0 Å². The van der Waals surface area contributed by atoms with Gasteiger partial charge in [-0.2, -0.15) is 0 Å². The molecule has 1 saturated carbocycles. The lowest BCUT2D eigenvalue weighted by molar-refractivity contribution is 0.0701. The van der Waals surface area contributed by atoms with Gasteiger partial charge >= 0.3 is 0 Å². The molecule has 28 heavy (non-hydrogen) atoms. The monoisotopic (exact) mass is 380 g/mol. The van der Waals surface area contributed by atoms with Crippen molar-refractivity contribution in [2.75, 3.05) is 19.6 Å². The van der Waals surface area contributed by atoms with Gasteiger partial charge in [-0.25, -0.2) is 4.39 Å². The van der Waals surface area contributed by atoms with Crippen molar-refractivity contribution in [3.63, 3.8) is 0 Å². The third kappa shape index (κ3) is 4.30. The predicted molar refractivity (Wildman–Crippen MR) is 106 cm³/mol. The van der Waals surface area contributed by atoms with Crippen molar-refractivity contribution >= 4 is 11.7 Å². The molecule has 4 rings (SSSR count). The highest BCUT2D eigenvalue weighted by molar-refractivity contribution is 6.15. The maximum absolute atomic E-state index is 13.2. The van der Waals surface area contributed by atoms with Gasteiger partial charge in [0.2, 0.25) is 0 Å². The van der Waals surface area contributed by atoms with Crippen LogP contribution in [0.5, 0.6) is 0 Å². The lowest BCUT2D eigenvalue weighted by Crippen LogP contribution is -2.45. The van der Waals surface area contributed by atoms with Crippen LogP contribution in [-0.4, -0.2) is 42.3 Å². The highest BCUT2D eigenvalue weighted by Crippen LogP contribution is 2.28. The van der Waals surface area contributed by atoms with Crippen LogP contribution >= 0.6 is 0 Å². The number of piperidine rings is 1. The minimum atomic E-state index is -0.390. The number of likely N-dealkylation sites (tertiary alicyclic amines) is 1. The van der Waals surface area contributed by atoms with E-state index in [4.69, 9.17) is 0 Å². The van der Waals surface area contributed by atoms with Gasteiger partial charge in [-0.15, -0.1) is 0 Å². The highest BCUT2D eigenvalue weighted by atomic mass is 19.1. The molecule has 5 heteroatoms. The number of halogens is 1. The van der Waals surface area contributed by atoms with Crippen LogP contribution in [-0.2, 0) is 0 Å². The maximum atomic E-state index is 13.2. The summed E-state index contributed by atoms with van der Waals surface area (Å²) in [6.45, 7) is 2.48. The molecule has 2 aliphatic rings. The second kappa shape index (κ2) is 8.23. The van der Waals surface area contributed by atoms with Gasteiger partial charge in [-0.05, 0) is 68.5 Å². The molecule has 0 radical (unpaired) electrons. The van der Waals surface area contributed by atoms with Crippen molar-refractivity contribution in [1.29, 1.82) is 0 Å². The van der Waals surface area contributed by atoms with Crippen molar-refractivity contribution in [2.45, 2.75) is 31.7 Å². The fraction of sp³-hybridized carbons (Fsp3) is 0.391. The average molecular weight is 380 g/mol. The summed E-state index contributed by atoms with van der Waals surface area (Å²) in [5.41, 5.74) is 1.17. The molecule has 0 bridgehead atoms. The molecule has 0 aromatic heterocycles. The molecule has 1 aliphatic carbocycles. The Bertz CT molecular complexity index is 853. The van der Waals surface area contributed by atoms with E-state index in [2.05, 4.69) is 5.32 Å². The summed E-state index contributed by atoms with van der Waals surface area (Å²) >= 11 is 0. The summed E-state index contributed by atoms with van der Waals surface area (Å²) in [7, 11) is 0. The predicted octanol–water partition coefficient (Wildman–Crippen LogP) is 3.66. The van der Waals surface area contributed by atoms with Crippen LogP contribution in [0, 0.1) is 11.7 Å². The molecule has 146 valence electrons. The molecule has 2 aromatic carbocycles. The number of hydrogen-bond acceptors (Lipinski definition) is 3. The van der Waals surface area contributed by atoms with Gasteiger partial charge in [0.05, 0.1) is 5.56 Å². The largest absolute Gasteiger partial charge is 0.339 e. The van der Waals surface area contributed by atoms with E-state index >= 15 is 0 Å². The third-order valence-electron chi connectivity index (χ3n) is 5.68. The number of rotatable bonds is 6. The van der Waals surface area contributed by atoms with Crippen LogP contribution < -0.4 is 5.32 Å². The molecule has 1 saturated heterocycles. The lowest BCUT2D eigenvalue weighted by atomic mass is 9.96. The van der Waals surface area contributed by atoms with Crippen LogP contribution in [0.1, 0.15) is 52.0 Å². The lowest BCUT2D eigenvalue weighted by Gasteiger charge is -2.33. The van der Waals surface area contributed by atoms with Crippen molar-refractivity contribution < 1.29 is 14.0 Å². The number of hydrogen-bond donors (Lipinski definition) is 1. The Morgan fingerprint density at radius 3 is 2.21 bits per heavy atom. The molecule has 1 aliphatic heterocycles. The van der Waals surface area contributed by atoms with Crippen LogP contribution in [0.4, 0.5) is 4.39 Å². The van der Waals surface area contributed by atoms with Crippen molar-refractivity contribution in [3.05, 3.63) is 71.0 Å². The average Bonchev–Trinajstić information content (AvgIpc) is 3.57. The summed E-state index contributed by atoms with van der Waals surface area (Å²) in [6, 6.07) is 12.8. The summed E-state index contributed by atoms with van der Waals surface area (Å²) in [6.07, 6.45) is 4.55. The van der Waals surface area contributed by atoms with Crippen molar-refractivity contribution in [2.24, 2.45) is 5.92 Å². The minimum Gasteiger partial charge on any atom is -0.339 e. The zero-order valence-electron chi connectivity index (χ0n) is 15.9. The van der Waals surface area contributed by atoms with Gasteiger partial charge in [-0.3, -0.25) is 9.59 Å². The van der Waals surface area contributed by atoms with E-state index in [0.717, 1.165) is 25.3 Å². The Morgan fingerprint density at radius 2 is 1.57 bits per heavy atom. The maximum Gasteiger partial charge on any atom is 0.254 e. The van der Waals surface area contributed by atoms with Gasteiger partial charge in [0.15, 0.2) is 5.78 Å². The molecular weight excluding hydrogens is 355 g/mol. The Hall–Kier alpha value is -2.53. The van der Waals surface area contributed by atoms with Crippen LogP contribution in [0.15, 0.2) is 48.5 Å². The van der Waals surface area contributed by atoms with E-state index in [1.165, 1.54) is 37.1 Å². The molecule has 2 fully saturated rings. The first kappa shape index (κ1) is 18.8. The molecule has 1 N–H and O–H groups in total. The molecule has 4 nitrogen and oxygen atoms in total. The molecule has 0 unspecified atom stereocenters. The quantitative estimate of drug-likeness (QED) is 0.778. The number of benzene rings is 2. The van der Waals surface area contributed by atoms with Crippen molar-refractivity contribution in [3.8, 4) is 0 Å². The van der Waals surface area contributed by atoms with Crippen LogP contribution in [0.25, 0.3) is 0 Å². The Labute approximate surface area is 164 Å². The van der Waals surface area contributed by atoms with E-state index < -0.39 is 0 Å². The second-order valence-corrected chi connectivity index (χ2v) is 7.80. The first-order chi connectivity index (χ1) is 13.6. The second-order valence-electron chi connectivity index (χ2n) is 7.80. The number of carbonyl (C=O) groups is 2.